The van der Waals surface area contributed by atoms with E-state index in [1.807, 2.05) is 0 Å². The van der Waals surface area contributed by atoms with Crippen molar-refractivity contribution in [3.63, 3.8) is 0 Å². The molecular weight excluding hydrogens is 306 g/mol. The van der Waals surface area contributed by atoms with Crippen molar-refractivity contribution < 1.29 is 9.72 Å². The fourth-order valence-electron chi connectivity index (χ4n) is 2.85. The highest BCUT2D eigenvalue weighted by Crippen LogP contribution is 2.25. The average Bonchev–Trinajstić information content (AvgIpc) is 2.46. The normalized spacial score (nSPS) is 21.1. The molecule has 0 saturated carbocycles. The van der Waals surface area contributed by atoms with E-state index in [4.69, 9.17) is 5.73 Å². The van der Waals surface area contributed by atoms with Gasteiger partial charge in [-0.15, -0.1) is 12.4 Å². The van der Waals surface area contributed by atoms with Crippen molar-refractivity contribution >= 4 is 24.0 Å². The van der Waals surface area contributed by atoms with Crippen LogP contribution in [0.2, 0.25) is 0 Å². The number of hydrogen-bond acceptors (Lipinski definition) is 4. The van der Waals surface area contributed by atoms with E-state index in [1.54, 1.807) is 24.0 Å². The van der Waals surface area contributed by atoms with Gasteiger partial charge in [0.25, 0.3) is 11.6 Å². The van der Waals surface area contributed by atoms with Crippen molar-refractivity contribution in [3.8, 4) is 0 Å². The number of nitro groups is 1. The first-order chi connectivity index (χ1) is 9.93. The molecule has 0 radical (unpaired) electrons. The van der Waals surface area contributed by atoms with E-state index in [0.29, 0.717) is 30.1 Å². The Bertz CT molecular complexity index is 565. The van der Waals surface area contributed by atoms with E-state index in [-0.39, 0.29) is 30.0 Å². The summed E-state index contributed by atoms with van der Waals surface area (Å²) >= 11 is 0. The van der Waals surface area contributed by atoms with Gasteiger partial charge in [-0.2, -0.15) is 0 Å². The number of carbonyl (C=O) groups excluding carboxylic acids is 1. The largest absolute Gasteiger partial charge is 0.334 e. The zero-order chi connectivity index (χ0) is 15.6. The second-order valence-electron chi connectivity index (χ2n) is 5.78. The Kier molecular flexibility index (Phi) is 6.32. The maximum atomic E-state index is 12.6. The molecule has 1 aromatic carbocycles. The summed E-state index contributed by atoms with van der Waals surface area (Å²) in [5.41, 5.74) is 6.67. The van der Waals surface area contributed by atoms with Gasteiger partial charge in [0.05, 0.1) is 4.92 Å². The molecule has 122 valence electrons. The Morgan fingerprint density at radius 3 is 2.77 bits per heavy atom. The minimum atomic E-state index is -0.454. The third-order valence-electron chi connectivity index (χ3n) is 4.16. The van der Waals surface area contributed by atoms with Crippen LogP contribution in [0.15, 0.2) is 18.2 Å². The number of piperidine rings is 1. The quantitative estimate of drug-likeness (QED) is 0.682. The molecule has 2 unspecified atom stereocenters. The lowest BCUT2D eigenvalue weighted by Gasteiger charge is -2.38. The number of nitrogens with two attached hydrogens (primary N) is 1. The van der Waals surface area contributed by atoms with E-state index < -0.39 is 4.92 Å². The van der Waals surface area contributed by atoms with E-state index in [9.17, 15) is 14.9 Å². The molecule has 6 nitrogen and oxygen atoms in total. The number of benzene rings is 1. The number of halogens is 1. The molecule has 0 bridgehead atoms. The Labute approximate surface area is 136 Å². The fourth-order valence-corrected chi connectivity index (χ4v) is 2.85. The second-order valence-corrected chi connectivity index (χ2v) is 5.78. The number of nitro benzene ring substituents is 1. The average molecular weight is 328 g/mol. The highest BCUT2D eigenvalue weighted by atomic mass is 35.5. The summed E-state index contributed by atoms with van der Waals surface area (Å²) in [4.78, 5) is 24.9. The monoisotopic (exact) mass is 327 g/mol. The van der Waals surface area contributed by atoms with Gasteiger partial charge in [0.15, 0.2) is 0 Å². The summed E-state index contributed by atoms with van der Waals surface area (Å²) in [5, 5.41) is 11.0. The van der Waals surface area contributed by atoms with Gasteiger partial charge in [0, 0.05) is 36.3 Å². The molecule has 0 aliphatic carbocycles. The van der Waals surface area contributed by atoms with Crippen LogP contribution in [0, 0.1) is 23.0 Å². The van der Waals surface area contributed by atoms with Gasteiger partial charge < -0.3 is 10.6 Å². The minimum absolute atomic E-state index is 0. The topological polar surface area (TPSA) is 89.5 Å². The Morgan fingerprint density at radius 1 is 1.50 bits per heavy atom. The molecule has 1 fully saturated rings. The molecule has 22 heavy (non-hydrogen) atoms. The van der Waals surface area contributed by atoms with E-state index >= 15 is 0 Å². The van der Waals surface area contributed by atoms with Crippen LogP contribution in [-0.2, 0) is 0 Å². The maximum Gasteiger partial charge on any atom is 0.273 e. The lowest BCUT2D eigenvalue weighted by atomic mass is 9.91. The molecule has 1 aromatic rings. The maximum absolute atomic E-state index is 12.6. The summed E-state index contributed by atoms with van der Waals surface area (Å²) < 4.78 is 0. The van der Waals surface area contributed by atoms with Gasteiger partial charge in [0.2, 0.25) is 0 Å². The highest BCUT2D eigenvalue weighted by molar-refractivity contribution is 5.95. The van der Waals surface area contributed by atoms with Crippen molar-refractivity contribution in [2.75, 3.05) is 13.1 Å². The van der Waals surface area contributed by atoms with E-state index in [0.717, 1.165) is 12.8 Å². The molecule has 2 N–H and O–H groups in total. The third-order valence-corrected chi connectivity index (χ3v) is 4.16. The number of rotatable bonds is 3. The van der Waals surface area contributed by atoms with Crippen LogP contribution in [0.5, 0.6) is 0 Å². The Morgan fingerprint density at radius 2 is 2.18 bits per heavy atom. The van der Waals surface area contributed by atoms with Crippen LogP contribution in [-0.4, -0.2) is 34.9 Å². The lowest BCUT2D eigenvalue weighted by Crippen LogP contribution is -2.49. The molecule has 2 rings (SSSR count). The van der Waals surface area contributed by atoms with Gasteiger partial charge >= 0.3 is 0 Å². The fraction of sp³-hybridized carbons (Fsp3) is 0.533. The molecule has 0 aromatic heterocycles. The van der Waals surface area contributed by atoms with Crippen LogP contribution in [0.1, 0.15) is 35.7 Å². The summed E-state index contributed by atoms with van der Waals surface area (Å²) in [5.74, 6) is 0.385. The number of amides is 1. The second kappa shape index (κ2) is 7.56. The first kappa shape index (κ1) is 18.4. The van der Waals surface area contributed by atoms with Crippen molar-refractivity contribution in [1.82, 2.24) is 4.90 Å². The first-order valence-electron chi connectivity index (χ1n) is 7.20. The molecule has 1 heterocycles. The van der Waals surface area contributed by atoms with Crippen molar-refractivity contribution in [2.24, 2.45) is 11.7 Å². The third kappa shape index (κ3) is 3.75. The number of nitrogens with zero attached hydrogens (tertiary/aromatic N) is 2. The van der Waals surface area contributed by atoms with Crippen molar-refractivity contribution in [1.29, 1.82) is 0 Å². The summed E-state index contributed by atoms with van der Waals surface area (Å²) in [6, 6.07) is 4.65. The molecule has 1 saturated heterocycles. The Hall–Kier alpha value is -1.66. The minimum Gasteiger partial charge on any atom is -0.334 e. The zero-order valence-electron chi connectivity index (χ0n) is 12.8. The van der Waals surface area contributed by atoms with Gasteiger partial charge in [-0.1, -0.05) is 13.0 Å². The smallest absolute Gasteiger partial charge is 0.273 e. The van der Waals surface area contributed by atoms with Crippen molar-refractivity contribution in [3.05, 3.63) is 39.4 Å². The van der Waals surface area contributed by atoms with E-state index in [1.165, 1.54) is 6.07 Å². The SMILES string of the molecule is Cc1ccc(C(=O)N2CCC(C)CC2CN)cc1[N+](=O)[O-].Cl. The van der Waals surface area contributed by atoms with Gasteiger partial charge in [-0.25, -0.2) is 0 Å². The predicted octanol–water partition coefficient (Wildman–Crippen LogP) is 2.52. The lowest BCUT2D eigenvalue weighted by molar-refractivity contribution is -0.385. The standard InChI is InChI=1S/C15H21N3O3.ClH/c1-10-5-6-17(13(7-10)9-16)15(19)12-4-3-11(2)14(8-12)18(20)21;/h3-4,8,10,13H,5-7,9,16H2,1-2H3;1H. The van der Waals surface area contributed by atoms with Gasteiger partial charge in [-0.3, -0.25) is 14.9 Å². The van der Waals surface area contributed by atoms with Crippen LogP contribution >= 0.6 is 12.4 Å². The summed E-state index contributed by atoms with van der Waals surface area (Å²) in [6.07, 6.45) is 1.83. The molecular formula is C15H22ClN3O3. The number of carbonyl (C=O) groups is 1. The van der Waals surface area contributed by atoms with Crippen LogP contribution in [0.3, 0.4) is 0 Å². The predicted molar refractivity (Wildman–Crippen MR) is 87.4 cm³/mol. The molecule has 7 heteroatoms. The molecule has 1 amide bonds. The highest BCUT2D eigenvalue weighted by Gasteiger charge is 2.30. The summed E-state index contributed by atoms with van der Waals surface area (Å²) in [7, 11) is 0. The zero-order valence-corrected chi connectivity index (χ0v) is 13.6. The molecule has 2 atom stereocenters. The van der Waals surface area contributed by atoms with Gasteiger partial charge in [0.1, 0.15) is 0 Å². The van der Waals surface area contributed by atoms with Crippen LogP contribution < -0.4 is 5.73 Å². The van der Waals surface area contributed by atoms with Crippen LogP contribution in [0.4, 0.5) is 5.69 Å². The summed E-state index contributed by atoms with van der Waals surface area (Å²) in [6.45, 7) is 4.90. The number of likely N-dealkylation sites (tertiary alicyclic amines) is 1. The first-order valence-corrected chi connectivity index (χ1v) is 7.20. The Balaban J connectivity index is 0.00000242. The molecule has 1 aliphatic rings. The van der Waals surface area contributed by atoms with Gasteiger partial charge in [-0.05, 0) is 31.7 Å². The van der Waals surface area contributed by atoms with Crippen LogP contribution in [0.25, 0.3) is 0 Å². The molecule has 1 aliphatic heterocycles. The van der Waals surface area contributed by atoms with Crippen molar-refractivity contribution in [2.45, 2.75) is 32.7 Å². The molecule has 0 spiro atoms. The van der Waals surface area contributed by atoms with E-state index in [2.05, 4.69) is 6.92 Å². The number of hydrogen-bond donors (Lipinski definition) is 1. The number of aryl methyl sites for hydroxylation is 1.